The van der Waals surface area contributed by atoms with Crippen molar-refractivity contribution in [3.05, 3.63) is 35.4 Å². The number of halogens is 2. The molecule has 0 saturated heterocycles. The zero-order chi connectivity index (χ0) is 11.3. The molecule has 1 rings (SSSR count). The van der Waals surface area contributed by atoms with Gasteiger partial charge in [0.2, 0.25) is 0 Å². The SMILES string of the molecule is C#CC(Cc1cc(F)cc(F)c1)NCC. The van der Waals surface area contributed by atoms with Crippen molar-refractivity contribution in [3.8, 4) is 12.3 Å². The minimum absolute atomic E-state index is 0.184. The van der Waals surface area contributed by atoms with Gasteiger partial charge in [-0.25, -0.2) is 8.78 Å². The molecule has 1 N–H and O–H groups in total. The van der Waals surface area contributed by atoms with Crippen molar-refractivity contribution >= 4 is 0 Å². The number of nitrogens with one attached hydrogen (secondary N) is 1. The molecule has 0 aliphatic heterocycles. The maximum Gasteiger partial charge on any atom is 0.126 e. The number of terminal acetylenes is 1. The van der Waals surface area contributed by atoms with Gasteiger partial charge < -0.3 is 5.32 Å². The first-order valence-electron chi connectivity index (χ1n) is 4.80. The first-order valence-corrected chi connectivity index (χ1v) is 4.80. The van der Waals surface area contributed by atoms with Gasteiger partial charge in [0.25, 0.3) is 0 Å². The monoisotopic (exact) mass is 209 g/mol. The topological polar surface area (TPSA) is 12.0 Å². The molecule has 0 spiro atoms. The minimum atomic E-state index is -0.572. The Balaban J connectivity index is 2.75. The Morgan fingerprint density at radius 2 is 1.93 bits per heavy atom. The van der Waals surface area contributed by atoms with E-state index in [4.69, 9.17) is 6.42 Å². The van der Waals surface area contributed by atoms with Gasteiger partial charge >= 0.3 is 0 Å². The third-order valence-corrected chi connectivity index (χ3v) is 2.01. The molecule has 1 unspecified atom stereocenters. The lowest BCUT2D eigenvalue weighted by Gasteiger charge is -2.11. The molecule has 0 radical (unpaired) electrons. The Hall–Kier alpha value is -1.40. The summed E-state index contributed by atoms with van der Waals surface area (Å²) >= 11 is 0. The minimum Gasteiger partial charge on any atom is -0.304 e. The summed E-state index contributed by atoms with van der Waals surface area (Å²) < 4.78 is 25.7. The summed E-state index contributed by atoms with van der Waals surface area (Å²) in [6, 6.07) is 3.26. The van der Waals surface area contributed by atoms with Crippen LogP contribution >= 0.6 is 0 Å². The molecule has 1 atom stereocenters. The highest BCUT2D eigenvalue weighted by molar-refractivity contribution is 5.21. The van der Waals surface area contributed by atoms with Crippen LogP contribution in [-0.2, 0) is 6.42 Å². The summed E-state index contributed by atoms with van der Waals surface area (Å²) in [5, 5.41) is 3.04. The Labute approximate surface area is 88.5 Å². The quantitative estimate of drug-likeness (QED) is 0.749. The lowest BCUT2D eigenvalue weighted by molar-refractivity contribution is 0.572. The van der Waals surface area contributed by atoms with Gasteiger partial charge in [-0.15, -0.1) is 6.42 Å². The molecular formula is C12H13F2N. The summed E-state index contributed by atoms with van der Waals surface area (Å²) in [4.78, 5) is 0. The highest BCUT2D eigenvalue weighted by atomic mass is 19.1. The van der Waals surface area contributed by atoms with Gasteiger partial charge in [0, 0.05) is 6.07 Å². The molecule has 1 aromatic carbocycles. The van der Waals surface area contributed by atoms with Crippen LogP contribution in [0.3, 0.4) is 0 Å². The van der Waals surface area contributed by atoms with Crippen LogP contribution in [0.1, 0.15) is 12.5 Å². The lowest BCUT2D eigenvalue weighted by Crippen LogP contribution is -2.29. The van der Waals surface area contributed by atoms with E-state index in [1.54, 1.807) is 0 Å². The van der Waals surface area contributed by atoms with Crippen molar-refractivity contribution in [2.24, 2.45) is 0 Å². The molecule has 0 amide bonds. The van der Waals surface area contributed by atoms with Crippen molar-refractivity contribution in [1.29, 1.82) is 0 Å². The number of benzene rings is 1. The Bertz CT molecular complexity index is 348. The molecule has 3 heteroatoms. The largest absolute Gasteiger partial charge is 0.304 e. The van der Waals surface area contributed by atoms with Crippen LogP contribution < -0.4 is 5.32 Å². The first-order chi connectivity index (χ1) is 7.15. The second-order valence-corrected chi connectivity index (χ2v) is 3.26. The second kappa shape index (κ2) is 5.47. The predicted octanol–water partition coefficient (Wildman–Crippen LogP) is 2.12. The normalized spacial score (nSPS) is 12.1. The van der Waals surface area contributed by atoms with Crippen LogP contribution in [0.5, 0.6) is 0 Å². The van der Waals surface area contributed by atoms with Crippen LogP contribution in [0, 0.1) is 24.0 Å². The van der Waals surface area contributed by atoms with E-state index in [1.807, 2.05) is 6.92 Å². The van der Waals surface area contributed by atoms with Crippen LogP contribution in [0.25, 0.3) is 0 Å². The van der Waals surface area contributed by atoms with Gasteiger partial charge in [-0.3, -0.25) is 0 Å². The molecular weight excluding hydrogens is 196 g/mol. The van der Waals surface area contributed by atoms with Gasteiger partial charge in [0.05, 0.1) is 6.04 Å². The zero-order valence-corrected chi connectivity index (χ0v) is 8.56. The Morgan fingerprint density at radius 3 is 2.40 bits per heavy atom. The van der Waals surface area contributed by atoms with Gasteiger partial charge in [-0.1, -0.05) is 12.8 Å². The van der Waals surface area contributed by atoms with Crippen molar-refractivity contribution in [2.75, 3.05) is 6.54 Å². The van der Waals surface area contributed by atoms with E-state index in [9.17, 15) is 8.78 Å². The fourth-order valence-corrected chi connectivity index (χ4v) is 1.40. The van der Waals surface area contributed by atoms with E-state index >= 15 is 0 Å². The standard InChI is InChI=1S/C12H13F2N/c1-3-12(15-4-2)7-9-5-10(13)8-11(14)6-9/h1,5-6,8,12,15H,4,7H2,2H3. The summed E-state index contributed by atoms with van der Waals surface area (Å²) in [5.41, 5.74) is 0.566. The third kappa shape index (κ3) is 3.69. The molecule has 1 aromatic rings. The van der Waals surface area contributed by atoms with Crippen LogP contribution in [0.4, 0.5) is 8.78 Å². The lowest BCUT2D eigenvalue weighted by atomic mass is 10.1. The maximum absolute atomic E-state index is 12.9. The highest BCUT2D eigenvalue weighted by Gasteiger charge is 2.06. The van der Waals surface area contributed by atoms with Crippen molar-refractivity contribution in [3.63, 3.8) is 0 Å². The first kappa shape index (κ1) is 11.7. The van der Waals surface area contributed by atoms with E-state index in [0.29, 0.717) is 12.0 Å². The fraction of sp³-hybridized carbons (Fsp3) is 0.333. The molecule has 15 heavy (non-hydrogen) atoms. The van der Waals surface area contributed by atoms with E-state index in [2.05, 4.69) is 11.2 Å². The molecule has 0 bridgehead atoms. The zero-order valence-electron chi connectivity index (χ0n) is 8.56. The van der Waals surface area contributed by atoms with Crippen LogP contribution in [0.2, 0.25) is 0 Å². The number of likely N-dealkylation sites (N-methyl/N-ethyl adjacent to an activating group) is 1. The van der Waals surface area contributed by atoms with E-state index in [-0.39, 0.29) is 6.04 Å². The van der Waals surface area contributed by atoms with E-state index in [1.165, 1.54) is 12.1 Å². The smallest absolute Gasteiger partial charge is 0.126 e. The summed E-state index contributed by atoms with van der Waals surface area (Å²) in [6.45, 7) is 2.66. The molecule has 0 saturated carbocycles. The molecule has 80 valence electrons. The third-order valence-electron chi connectivity index (χ3n) is 2.01. The Kier molecular flexibility index (Phi) is 4.26. The maximum atomic E-state index is 12.9. The molecule has 0 heterocycles. The van der Waals surface area contributed by atoms with Crippen LogP contribution in [-0.4, -0.2) is 12.6 Å². The summed E-state index contributed by atoms with van der Waals surface area (Å²) in [7, 11) is 0. The van der Waals surface area contributed by atoms with Crippen molar-refractivity contribution in [1.82, 2.24) is 5.32 Å². The predicted molar refractivity (Wildman–Crippen MR) is 56.4 cm³/mol. The van der Waals surface area contributed by atoms with Gasteiger partial charge in [-0.2, -0.15) is 0 Å². The number of rotatable bonds is 4. The number of hydrogen-bond donors (Lipinski definition) is 1. The second-order valence-electron chi connectivity index (χ2n) is 3.26. The average molecular weight is 209 g/mol. The van der Waals surface area contributed by atoms with Crippen molar-refractivity contribution in [2.45, 2.75) is 19.4 Å². The van der Waals surface area contributed by atoms with Gasteiger partial charge in [0.1, 0.15) is 11.6 Å². The Morgan fingerprint density at radius 1 is 1.33 bits per heavy atom. The average Bonchev–Trinajstić information content (AvgIpc) is 2.15. The molecule has 0 aliphatic rings. The van der Waals surface area contributed by atoms with E-state index < -0.39 is 11.6 Å². The summed E-state index contributed by atoms with van der Waals surface area (Å²) in [5.74, 6) is 1.39. The van der Waals surface area contributed by atoms with E-state index in [0.717, 1.165) is 12.6 Å². The fourth-order valence-electron chi connectivity index (χ4n) is 1.40. The number of hydrogen-bond acceptors (Lipinski definition) is 1. The van der Waals surface area contributed by atoms with Gasteiger partial charge in [0.15, 0.2) is 0 Å². The molecule has 1 nitrogen and oxygen atoms in total. The van der Waals surface area contributed by atoms with Crippen LogP contribution in [0.15, 0.2) is 18.2 Å². The molecule has 0 aliphatic carbocycles. The van der Waals surface area contributed by atoms with Crippen molar-refractivity contribution < 1.29 is 8.78 Å². The summed E-state index contributed by atoms with van der Waals surface area (Å²) in [6.07, 6.45) is 5.71. The highest BCUT2D eigenvalue weighted by Crippen LogP contribution is 2.09. The molecule has 0 fully saturated rings. The van der Waals surface area contributed by atoms with Gasteiger partial charge in [-0.05, 0) is 30.7 Å². The molecule has 0 aromatic heterocycles.